The Balaban J connectivity index is 1.42. The molecule has 150 valence electrons. The van der Waals surface area contributed by atoms with Crippen molar-refractivity contribution in [3.8, 4) is 11.5 Å². The first kappa shape index (κ1) is 20.2. The molecule has 1 saturated heterocycles. The van der Waals surface area contributed by atoms with Crippen LogP contribution in [0.5, 0.6) is 11.5 Å². The van der Waals surface area contributed by atoms with Crippen molar-refractivity contribution in [1.29, 1.82) is 0 Å². The molecule has 1 aliphatic heterocycles. The Morgan fingerprint density at radius 3 is 2.54 bits per heavy atom. The summed E-state index contributed by atoms with van der Waals surface area (Å²) in [7, 11) is 1.58. The zero-order chi connectivity index (χ0) is 19.8. The molecule has 0 radical (unpaired) electrons. The molecule has 0 aliphatic carbocycles. The van der Waals surface area contributed by atoms with Gasteiger partial charge in [0.15, 0.2) is 18.1 Å². The van der Waals surface area contributed by atoms with Crippen LogP contribution < -0.4 is 14.8 Å². The van der Waals surface area contributed by atoms with Crippen molar-refractivity contribution in [2.75, 3.05) is 26.8 Å². The number of ether oxygens (including phenoxy) is 2. The summed E-state index contributed by atoms with van der Waals surface area (Å²) in [6.07, 6.45) is 2.64. The quantitative estimate of drug-likeness (QED) is 0.758. The topological polar surface area (TPSA) is 50.8 Å². The fraction of sp³-hybridized carbons (Fsp3) is 0.435. The van der Waals surface area contributed by atoms with Crippen LogP contribution in [-0.4, -0.2) is 37.6 Å². The predicted octanol–water partition coefficient (Wildman–Crippen LogP) is 3.62. The fourth-order valence-corrected chi connectivity index (χ4v) is 3.58. The van der Waals surface area contributed by atoms with E-state index in [-0.39, 0.29) is 12.5 Å². The van der Waals surface area contributed by atoms with Gasteiger partial charge in [0.1, 0.15) is 0 Å². The van der Waals surface area contributed by atoms with Crippen molar-refractivity contribution in [2.24, 2.45) is 5.92 Å². The molecule has 0 aromatic heterocycles. The Bertz CT molecular complexity index is 761. The molecule has 3 rings (SSSR count). The Morgan fingerprint density at radius 2 is 1.82 bits per heavy atom. The summed E-state index contributed by atoms with van der Waals surface area (Å²) in [4.78, 5) is 14.6. The Hall–Kier alpha value is -2.53. The van der Waals surface area contributed by atoms with E-state index in [2.05, 4.69) is 41.4 Å². The lowest BCUT2D eigenvalue weighted by Gasteiger charge is -2.30. The number of piperidine rings is 1. The van der Waals surface area contributed by atoms with Gasteiger partial charge in [-0.3, -0.25) is 9.69 Å². The summed E-state index contributed by atoms with van der Waals surface area (Å²) in [5.74, 6) is 1.82. The highest BCUT2D eigenvalue weighted by atomic mass is 16.5. The molecule has 1 N–H and O–H groups in total. The second-order valence-corrected chi connectivity index (χ2v) is 7.52. The van der Waals surface area contributed by atoms with Crippen molar-refractivity contribution in [2.45, 2.75) is 32.9 Å². The predicted molar refractivity (Wildman–Crippen MR) is 110 cm³/mol. The molecular weight excluding hydrogens is 352 g/mol. The fourth-order valence-electron chi connectivity index (χ4n) is 3.58. The summed E-state index contributed by atoms with van der Waals surface area (Å²) in [5, 5.41) is 2.90. The van der Waals surface area contributed by atoms with Crippen molar-refractivity contribution >= 4 is 5.91 Å². The first-order chi connectivity index (χ1) is 13.6. The molecule has 2 aromatic carbocycles. The number of rotatable bonds is 8. The van der Waals surface area contributed by atoms with Crippen molar-refractivity contribution < 1.29 is 14.3 Å². The van der Waals surface area contributed by atoms with E-state index in [9.17, 15) is 4.79 Å². The third kappa shape index (κ3) is 5.99. The number of amides is 1. The van der Waals surface area contributed by atoms with Crippen LogP contribution in [0, 0.1) is 5.92 Å². The lowest BCUT2D eigenvalue weighted by molar-refractivity contribution is -0.123. The number of carbonyl (C=O) groups excluding carboxylic acids is 1. The molecular formula is C23H30N2O3. The molecule has 5 nitrogen and oxygen atoms in total. The van der Waals surface area contributed by atoms with E-state index in [0.29, 0.717) is 18.0 Å². The standard InChI is InChI=1S/C23H30N2O3/c1-18-6-5-13-25(15-18)16-20-11-9-19(10-12-20)14-24-23(26)17-28-22-8-4-3-7-21(22)27-2/h3-4,7-12,18H,5-6,13-17H2,1-2H3,(H,24,26). The molecule has 2 aromatic rings. The van der Waals surface area contributed by atoms with Crippen LogP contribution >= 0.6 is 0 Å². The Morgan fingerprint density at radius 1 is 1.11 bits per heavy atom. The van der Waals surface area contributed by atoms with Gasteiger partial charge in [0.05, 0.1) is 7.11 Å². The van der Waals surface area contributed by atoms with Crippen molar-refractivity contribution in [3.05, 3.63) is 59.7 Å². The molecule has 0 saturated carbocycles. The molecule has 0 spiro atoms. The van der Waals surface area contributed by atoms with Gasteiger partial charge in [-0.05, 0) is 48.6 Å². The zero-order valence-corrected chi connectivity index (χ0v) is 16.8. The number of hydrogen-bond acceptors (Lipinski definition) is 4. The summed E-state index contributed by atoms with van der Waals surface area (Å²) in [6.45, 7) is 6.17. The first-order valence-electron chi connectivity index (χ1n) is 9.96. The minimum absolute atomic E-state index is 0.0361. The second-order valence-electron chi connectivity index (χ2n) is 7.52. The van der Waals surface area contributed by atoms with E-state index < -0.39 is 0 Å². The maximum atomic E-state index is 12.1. The maximum absolute atomic E-state index is 12.1. The van der Waals surface area contributed by atoms with Gasteiger partial charge in [-0.25, -0.2) is 0 Å². The largest absolute Gasteiger partial charge is 0.493 e. The van der Waals surface area contributed by atoms with Crippen LogP contribution in [0.2, 0.25) is 0 Å². The van der Waals surface area contributed by atoms with Gasteiger partial charge in [-0.15, -0.1) is 0 Å². The highest BCUT2D eigenvalue weighted by Crippen LogP contribution is 2.25. The molecule has 1 unspecified atom stereocenters. The van der Waals surface area contributed by atoms with Gasteiger partial charge in [0.25, 0.3) is 5.91 Å². The number of benzene rings is 2. The van der Waals surface area contributed by atoms with Gasteiger partial charge in [0, 0.05) is 19.6 Å². The van der Waals surface area contributed by atoms with E-state index >= 15 is 0 Å². The van der Waals surface area contributed by atoms with Gasteiger partial charge >= 0.3 is 0 Å². The van der Waals surface area contributed by atoms with E-state index in [1.807, 2.05) is 12.1 Å². The number of likely N-dealkylation sites (tertiary alicyclic amines) is 1. The third-order valence-electron chi connectivity index (χ3n) is 5.09. The number of nitrogens with zero attached hydrogens (tertiary/aromatic N) is 1. The van der Waals surface area contributed by atoms with Crippen LogP contribution in [0.3, 0.4) is 0 Å². The van der Waals surface area contributed by atoms with E-state index in [0.717, 1.165) is 18.0 Å². The average molecular weight is 383 g/mol. The van der Waals surface area contributed by atoms with Gasteiger partial charge in [-0.2, -0.15) is 0 Å². The number of nitrogens with one attached hydrogen (secondary N) is 1. The normalized spacial score (nSPS) is 17.1. The number of para-hydroxylation sites is 2. The highest BCUT2D eigenvalue weighted by molar-refractivity contribution is 5.77. The molecule has 1 aliphatic rings. The number of hydrogen-bond donors (Lipinski definition) is 1. The lowest BCUT2D eigenvalue weighted by Crippen LogP contribution is -2.33. The second kappa shape index (κ2) is 10.1. The van der Waals surface area contributed by atoms with Crippen LogP contribution in [0.15, 0.2) is 48.5 Å². The number of carbonyl (C=O) groups is 1. The van der Waals surface area contributed by atoms with Gasteiger partial charge < -0.3 is 14.8 Å². The third-order valence-corrected chi connectivity index (χ3v) is 5.09. The van der Waals surface area contributed by atoms with Crippen LogP contribution in [0.4, 0.5) is 0 Å². The molecule has 1 atom stereocenters. The minimum Gasteiger partial charge on any atom is -0.493 e. The zero-order valence-electron chi connectivity index (χ0n) is 16.8. The Kier molecular flexibility index (Phi) is 7.31. The molecule has 1 heterocycles. The van der Waals surface area contributed by atoms with Crippen molar-refractivity contribution in [3.63, 3.8) is 0 Å². The molecule has 1 amide bonds. The molecule has 5 heteroatoms. The summed E-state index contributed by atoms with van der Waals surface area (Å²) >= 11 is 0. The smallest absolute Gasteiger partial charge is 0.258 e. The van der Waals surface area contributed by atoms with Crippen molar-refractivity contribution in [1.82, 2.24) is 10.2 Å². The minimum atomic E-state index is -0.155. The van der Waals surface area contributed by atoms with E-state index in [4.69, 9.17) is 9.47 Å². The summed E-state index contributed by atoms with van der Waals surface area (Å²) in [6, 6.07) is 15.8. The van der Waals surface area contributed by atoms with Crippen LogP contribution in [-0.2, 0) is 17.9 Å². The van der Waals surface area contributed by atoms with Crippen LogP contribution in [0.25, 0.3) is 0 Å². The Labute approximate surface area is 167 Å². The van der Waals surface area contributed by atoms with Gasteiger partial charge in [0.2, 0.25) is 0 Å². The lowest BCUT2D eigenvalue weighted by atomic mass is 9.99. The van der Waals surface area contributed by atoms with E-state index in [1.165, 1.54) is 31.5 Å². The number of methoxy groups -OCH3 is 1. The average Bonchev–Trinajstić information content (AvgIpc) is 2.72. The van der Waals surface area contributed by atoms with E-state index in [1.54, 1.807) is 19.2 Å². The summed E-state index contributed by atoms with van der Waals surface area (Å²) in [5.41, 5.74) is 2.41. The van der Waals surface area contributed by atoms with Gasteiger partial charge in [-0.1, -0.05) is 43.3 Å². The summed E-state index contributed by atoms with van der Waals surface area (Å²) < 4.78 is 10.8. The van der Waals surface area contributed by atoms with Crippen LogP contribution in [0.1, 0.15) is 30.9 Å². The molecule has 0 bridgehead atoms. The molecule has 1 fully saturated rings. The monoisotopic (exact) mass is 382 g/mol. The molecule has 28 heavy (non-hydrogen) atoms. The first-order valence-corrected chi connectivity index (χ1v) is 9.96. The highest BCUT2D eigenvalue weighted by Gasteiger charge is 2.16. The SMILES string of the molecule is COc1ccccc1OCC(=O)NCc1ccc(CN2CCCC(C)C2)cc1. The maximum Gasteiger partial charge on any atom is 0.258 e.